The molecule has 0 aromatic heterocycles. The van der Waals surface area contributed by atoms with Gasteiger partial charge in [0, 0.05) is 13.1 Å². The Morgan fingerprint density at radius 1 is 1.39 bits per heavy atom. The third-order valence-electron chi connectivity index (χ3n) is 4.75. The molecule has 0 aliphatic heterocycles. The van der Waals surface area contributed by atoms with Gasteiger partial charge in [-0.2, -0.15) is 0 Å². The van der Waals surface area contributed by atoms with Gasteiger partial charge in [-0.1, -0.05) is 6.92 Å². The average molecular weight is 254 g/mol. The number of nitrogens with two attached hydrogens (primary N) is 1. The number of rotatable bonds is 4. The van der Waals surface area contributed by atoms with E-state index in [-0.39, 0.29) is 17.9 Å². The van der Waals surface area contributed by atoms with Gasteiger partial charge in [-0.05, 0) is 37.5 Å². The lowest BCUT2D eigenvalue weighted by Crippen LogP contribution is -2.50. The molecule has 2 bridgehead atoms. The number of fused-ring (bicyclic) bond motifs is 2. The third kappa shape index (κ3) is 2.00. The molecule has 2 aliphatic rings. The summed E-state index contributed by atoms with van der Waals surface area (Å²) in [7, 11) is 1.59. The number of carboxylic acids is 1. The van der Waals surface area contributed by atoms with Crippen LogP contribution in [0.15, 0.2) is 0 Å². The first kappa shape index (κ1) is 13.3. The number of carbonyl (C=O) groups is 2. The summed E-state index contributed by atoms with van der Waals surface area (Å²) in [6.07, 6.45) is 3.64. The summed E-state index contributed by atoms with van der Waals surface area (Å²) in [5.74, 6) is -0.357. The van der Waals surface area contributed by atoms with Crippen molar-refractivity contribution in [2.45, 2.75) is 44.7 Å². The Morgan fingerprint density at radius 3 is 2.44 bits per heavy atom. The first-order valence-corrected chi connectivity index (χ1v) is 6.72. The van der Waals surface area contributed by atoms with Gasteiger partial charge in [-0.15, -0.1) is 0 Å². The van der Waals surface area contributed by atoms with Crippen LogP contribution in [0.3, 0.4) is 0 Å². The molecule has 0 saturated heterocycles. The van der Waals surface area contributed by atoms with Crippen LogP contribution in [-0.2, 0) is 9.59 Å². The first-order chi connectivity index (χ1) is 8.47. The Morgan fingerprint density at radius 2 is 2.00 bits per heavy atom. The molecule has 0 spiro atoms. The van der Waals surface area contributed by atoms with E-state index in [0.29, 0.717) is 18.3 Å². The van der Waals surface area contributed by atoms with Gasteiger partial charge >= 0.3 is 5.97 Å². The SMILES string of the molecule is CCC(C(=O)O)N(C)C(=O)C1C2CCC(C2)C1N. The molecule has 5 unspecified atom stereocenters. The van der Waals surface area contributed by atoms with Crippen LogP contribution in [0.4, 0.5) is 0 Å². The molecule has 0 heterocycles. The lowest BCUT2D eigenvalue weighted by atomic mass is 9.83. The molecule has 2 rings (SSSR count). The number of likely N-dealkylation sites (N-methyl/N-ethyl adjacent to an activating group) is 1. The van der Waals surface area contributed by atoms with E-state index < -0.39 is 12.0 Å². The maximum atomic E-state index is 12.4. The van der Waals surface area contributed by atoms with Crippen LogP contribution in [0, 0.1) is 17.8 Å². The number of nitrogens with zero attached hydrogens (tertiary/aromatic N) is 1. The fourth-order valence-electron chi connectivity index (χ4n) is 3.71. The zero-order valence-electron chi connectivity index (χ0n) is 11.0. The number of amides is 1. The number of carbonyl (C=O) groups excluding carboxylic acids is 1. The molecule has 2 aliphatic carbocycles. The van der Waals surface area contributed by atoms with Crippen LogP contribution >= 0.6 is 0 Å². The standard InChI is InChI=1S/C13H22N2O3/c1-3-9(13(17)18)15(2)12(16)10-7-4-5-8(6-7)11(10)14/h7-11H,3-6,14H2,1-2H3,(H,17,18). The second-order valence-electron chi connectivity index (χ2n) is 5.65. The van der Waals surface area contributed by atoms with Crippen molar-refractivity contribution in [2.75, 3.05) is 7.05 Å². The van der Waals surface area contributed by atoms with Crippen molar-refractivity contribution >= 4 is 11.9 Å². The molecule has 18 heavy (non-hydrogen) atoms. The van der Waals surface area contributed by atoms with E-state index in [9.17, 15) is 9.59 Å². The number of aliphatic carboxylic acids is 1. The smallest absolute Gasteiger partial charge is 0.326 e. The third-order valence-corrected chi connectivity index (χ3v) is 4.75. The van der Waals surface area contributed by atoms with Gasteiger partial charge in [0.2, 0.25) is 5.91 Å². The van der Waals surface area contributed by atoms with E-state index in [2.05, 4.69) is 0 Å². The predicted molar refractivity (Wildman–Crippen MR) is 66.8 cm³/mol. The van der Waals surface area contributed by atoms with Gasteiger partial charge in [0.1, 0.15) is 6.04 Å². The molecule has 2 saturated carbocycles. The Bertz CT molecular complexity index is 356. The van der Waals surface area contributed by atoms with E-state index in [1.165, 1.54) is 4.90 Å². The van der Waals surface area contributed by atoms with E-state index in [1.54, 1.807) is 14.0 Å². The predicted octanol–water partition coefficient (Wildman–Crippen LogP) is 0.681. The molecular weight excluding hydrogens is 232 g/mol. The van der Waals surface area contributed by atoms with Gasteiger partial charge < -0.3 is 15.7 Å². The summed E-state index contributed by atoms with van der Waals surface area (Å²) in [5, 5.41) is 9.11. The Kier molecular flexibility index (Phi) is 3.61. The molecule has 5 atom stereocenters. The monoisotopic (exact) mass is 254 g/mol. The molecule has 2 fully saturated rings. The molecule has 0 aromatic rings. The Labute approximate surface area is 107 Å². The normalized spacial score (nSPS) is 35.5. The van der Waals surface area contributed by atoms with E-state index in [4.69, 9.17) is 10.8 Å². The lowest BCUT2D eigenvalue weighted by molar-refractivity contribution is -0.151. The first-order valence-electron chi connectivity index (χ1n) is 6.72. The average Bonchev–Trinajstić information content (AvgIpc) is 2.88. The zero-order valence-corrected chi connectivity index (χ0v) is 11.0. The second-order valence-corrected chi connectivity index (χ2v) is 5.65. The quantitative estimate of drug-likeness (QED) is 0.772. The van der Waals surface area contributed by atoms with Crippen molar-refractivity contribution in [1.29, 1.82) is 0 Å². The number of carboxylic acid groups (broad SMARTS) is 1. The van der Waals surface area contributed by atoms with Gasteiger partial charge in [0.05, 0.1) is 5.92 Å². The lowest BCUT2D eigenvalue weighted by Gasteiger charge is -2.33. The largest absolute Gasteiger partial charge is 0.480 e. The maximum absolute atomic E-state index is 12.4. The minimum atomic E-state index is -0.940. The number of hydrogen-bond acceptors (Lipinski definition) is 3. The molecule has 0 radical (unpaired) electrons. The molecule has 5 nitrogen and oxygen atoms in total. The fraction of sp³-hybridized carbons (Fsp3) is 0.846. The van der Waals surface area contributed by atoms with Gasteiger partial charge in [-0.25, -0.2) is 4.79 Å². The van der Waals surface area contributed by atoms with Crippen LogP contribution < -0.4 is 5.73 Å². The highest BCUT2D eigenvalue weighted by Crippen LogP contribution is 2.48. The summed E-state index contributed by atoms with van der Waals surface area (Å²) in [4.78, 5) is 24.9. The van der Waals surface area contributed by atoms with E-state index in [0.717, 1.165) is 19.3 Å². The summed E-state index contributed by atoms with van der Waals surface area (Å²) < 4.78 is 0. The fourth-order valence-corrected chi connectivity index (χ4v) is 3.71. The van der Waals surface area contributed by atoms with Gasteiger partial charge in [-0.3, -0.25) is 4.79 Å². The van der Waals surface area contributed by atoms with Crippen molar-refractivity contribution in [3.63, 3.8) is 0 Å². The number of hydrogen-bond donors (Lipinski definition) is 2. The van der Waals surface area contributed by atoms with Crippen molar-refractivity contribution in [2.24, 2.45) is 23.5 Å². The highest BCUT2D eigenvalue weighted by Gasteiger charge is 2.50. The highest BCUT2D eigenvalue weighted by atomic mass is 16.4. The molecule has 0 aromatic carbocycles. The maximum Gasteiger partial charge on any atom is 0.326 e. The minimum absolute atomic E-state index is 0.0787. The van der Waals surface area contributed by atoms with Crippen LogP contribution in [0.5, 0.6) is 0 Å². The molecule has 1 amide bonds. The van der Waals surface area contributed by atoms with Crippen LogP contribution in [-0.4, -0.2) is 41.0 Å². The Hall–Kier alpha value is -1.10. The van der Waals surface area contributed by atoms with Crippen molar-refractivity contribution in [3.05, 3.63) is 0 Å². The highest BCUT2D eigenvalue weighted by molar-refractivity contribution is 5.85. The topological polar surface area (TPSA) is 83.6 Å². The van der Waals surface area contributed by atoms with Gasteiger partial charge in [0.15, 0.2) is 0 Å². The van der Waals surface area contributed by atoms with Crippen LogP contribution in [0.2, 0.25) is 0 Å². The van der Waals surface area contributed by atoms with Crippen molar-refractivity contribution in [1.82, 2.24) is 4.90 Å². The van der Waals surface area contributed by atoms with Crippen LogP contribution in [0.1, 0.15) is 32.6 Å². The summed E-state index contributed by atoms with van der Waals surface area (Å²) >= 11 is 0. The van der Waals surface area contributed by atoms with Crippen molar-refractivity contribution in [3.8, 4) is 0 Å². The summed E-state index contributed by atoms with van der Waals surface area (Å²) in [6.45, 7) is 1.78. The second kappa shape index (κ2) is 4.88. The molecule has 102 valence electrons. The van der Waals surface area contributed by atoms with Crippen LogP contribution in [0.25, 0.3) is 0 Å². The summed E-state index contributed by atoms with van der Waals surface area (Å²) in [6, 6.07) is -0.811. The van der Waals surface area contributed by atoms with E-state index >= 15 is 0 Å². The molecular formula is C13H22N2O3. The zero-order chi connectivity index (χ0) is 13.4. The molecule has 5 heteroatoms. The molecule has 3 N–H and O–H groups in total. The Balaban J connectivity index is 2.09. The minimum Gasteiger partial charge on any atom is -0.480 e. The van der Waals surface area contributed by atoms with E-state index in [1.807, 2.05) is 0 Å². The summed E-state index contributed by atoms with van der Waals surface area (Å²) in [5.41, 5.74) is 6.13. The van der Waals surface area contributed by atoms with Gasteiger partial charge in [0.25, 0.3) is 0 Å². The van der Waals surface area contributed by atoms with Crippen molar-refractivity contribution < 1.29 is 14.7 Å².